The minimum Gasteiger partial charge on any atom is -0.394 e. The number of unbranched alkanes of at least 4 members (excludes halogenated alkanes) is 23. The van der Waals surface area contributed by atoms with E-state index in [0.717, 1.165) is 57.8 Å². The Labute approximate surface area is 336 Å². The molecule has 6 N–H and O–H groups in total. The number of allylic oxidation sites excluding steroid dienone is 5. The Morgan fingerprint density at radius 2 is 1.04 bits per heavy atom. The molecule has 1 fully saturated rings. The molecule has 0 aromatic rings. The normalized spacial score (nSPS) is 21.6. The van der Waals surface area contributed by atoms with Crippen molar-refractivity contribution < 1.29 is 39.8 Å². The Kier molecular flexibility index (Phi) is 34.3. The van der Waals surface area contributed by atoms with Crippen LogP contribution >= 0.6 is 0 Å². The van der Waals surface area contributed by atoms with Gasteiger partial charge >= 0.3 is 0 Å². The molecule has 0 bridgehead atoms. The van der Waals surface area contributed by atoms with Gasteiger partial charge in [0, 0.05) is 6.42 Å². The van der Waals surface area contributed by atoms with Gasteiger partial charge in [-0.2, -0.15) is 0 Å². The van der Waals surface area contributed by atoms with Crippen molar-refractivity contribution in [1.82, 2.24) is 5.32 Å². The van der Waals surface area contributed by atoms with Gasteiger partial charge in [-0.05, 0) is 57.8 Å². The van der Waals surface area contributed by atoms with E-state index in [0.29, 0.717) is 6.42 Å². The number of rotatable bonds is 37. The van der Waals surface area contributed by atoms with E-state index < -0.39 is 49.5 Å². The fourth-order valence-corrected chi connectivity index (χ4v) is 6.99. The molecule has 0 spiro atoms. The van der Waals surface area contributed by atoms with Crippen molar-refractivity contribution in [3.05, 3.63) is 36.5 Å². The molecular weight excluding hydrogens is 695 g/mol. The average molecular weight is 780 g/mol. The summed E-state index contributed by atoms with van der Waals surface area (Å²) in [5, 5.41) is 54.1. The number of carbonyl (C=O) groups excluding carboxylic acids is 1. The van der Waals surface area contributed by atoms with Crippen molar-refractivity contribution in [3.63, 3.8) is 0 Å². The third-order valence-corrected chi connectivity index (χ3v) is 10.7. The van der Waals surface area contributed by atoms with Crippen molar-refractivity contribution in [2.45, 2.75) is 236 Å². The zero-order valence-corrected chi connectivity index (χ0v) is 35.2. The van der Waals surface area contributed by atoms with Gasteiger partial charge < -0.3 is 40.3 Å². The van der Waals surface area contributed by atoms with Crippen LogP contribution in [-0.4, -0.2) is 87.5 Å². The lowest BCUT2D eigenvalue weighted by Crippen LogP contribution is -2.60. The second-order valence-electron chi connectivity index (χ2n) is 15.8. The molecule has 0 saturated carbocycles. The van der Waals surface area contributed by atoms with Crippen LogP contribution in [0, 0.1) is 0 Å². The number of nitrogens with one attached hydrogen (secondary N) is 1. The number of carbonyl (C=O) groups is 1. The van der Waals surface area contributed by atoms with E-state index in [9.17, 15) is 30.3 Å². The summed E-state index contributed by atoms with van der Waals surface area (Å²) in [7, 11) is 0. The van der Waals surface area contributed by atoms with Gasteiger partial charge in [-0.3, -0.25) is 4.79 Å². The molecule has 9 heteroatoms. The Hall–Kier alpha value is -1.59. The first kappa shape index (κ1) is 51.4. The number of amides is 1. The van der Waals surface area contributed by atoms with Crippen molar-refractivity contribution >= 4 is 5.91 Å². The third kappa shape index (κ3) is 27.6. The molecular formula is C46H85NO8. The number of ether oxygens (including phenoxy) is 2. The largest absolute Gasteiger partial charge is 0.394 e. The highest BCUT2D eigenvalue weighted by molar-refractivity contribution is 5.76. The average Bonchev–Trinajstić information content (AvgIpc) is 3.18. The van der Waals surface area contributed by atoms with Gasteiger partial charge in [0.05, 0.1) is 25.4 Å². The number of hydrogen-bond donors (Lipinski definition) is 6. The van der Waals surface area contributed by atoms with Gasteiger partial charge in [0.1, 0.15) is 24.4 Å². The van der Waals surface area contributed by atoms with E-state index >= 15 is 0 Å². The van der Waals surface area contributed by atoms with Crippen LogP contribution in [0.3, 0.4) is 0 Å². The van der Waals surface area contributed by atoms with Crippen molar-refractivity contribution in [3.8, 4) is 0 Å². The Bertz CT molecular complexity index is 956. The van der Waals surface area contributed by atoms with Crippen molar-refractivity contribution in [2.24, 2.45) is 0 Å². The predicted molar refractivity (Wildman–Crippen MR) is 226 cm³/mol. The van der Waals surface area contributed by atoms with Crippen LogP contribution < -0.4 is 5.32 Å². The second kappa shape index (κ2) is 36.7. The maximum absolute atomic E-state index is 12.9. The van der Waals surface area contributed by atoms with Gasteiger partial charge in [-0.25, -0.2) is 0 Å². The highest BCUT2D eigenvalue weighted by Gasteiger charge is 2.44. The topological polar surface area (TPSA) is 149 Å². The van der Waals surface area contributed by atoms with Crippen molar-refractivity contribution in [2.75, 3.05) is 13.2 Å². The molecule has 1 aliphatic rings. The van der Waals surface area contributed by atoms with E-state index in [4.69, 9.17) is 9.47 Å². The molecule has 1 heterocycles. The van der Waals surface area contributed by atoms with Gasteiger partial charge in [0.15, 0.2) is 6.29 Å². The minimum atomic E-state index is -1.57. The molecule has 0 aromatic carbocycles. The Morgan fingerprint density at radius 3 is 1.53 bits per heavy atom. The summed E-state index contributed by atoms with van der Waals surface area (Å²) in [5.74, 6) is -0.196. The molecule has 0 aromatic heterocycles. The highest BCUT2D eigenvalue weighted by Crippen LogP contribution is 2.22. The Balaban J connectivity index is 2.41. The van der Waals surface area contributed by atoms with Gasteiger partial charge in [0.25, 0.3) is 0 Å². The second-order valence-corrected chi connectivity index (χ2v) is 15.8. The molecule has 1 amide bonds. The van der Waals surface area contributed by atoms with E-state index in [-0.39, 0.29) is 12.5 Å². The molecule has 7 atom stereocenters. The van der Waals surface area contributed by atoms with Crippen LogP contribution in [0.15, 0.2) is 36.5 Å². The molecule has 1 saturated heterocycles. The van der Waals surface area contributed by atoms with Crippen LogP contribution in [0.25, 0.3) is 0 Å². The molecule has 322 valence electrons. The zero-order chi connectivity index (χ0) is 40.2. The number of aliphatic hydroxyl groups is 5. The molecule has 55 heavy (non-hydrogen) atoms. The van der Waals surface area contributed by atoms with E-state index in [1.807, 2.05) is 6.08 Å². The van der Waals surface area contributed by atoms with Gasteiger partial charge in [0.2, 0.25) is 5.91 Å². The minimum absolute atomic E-state index is 0.196. The first-order valence-electron chi connectivity index (χ1n) is 22.7. The quantitative estimate of drug-likeness (QED) is 0.0270. The molecule has 2 unspecified atom stereocenters. The molecule has 0 aliphatic carbocycles. The first-order chi connectivity index (χ1) is 26.8. The maximum Gasteiger partial charge on any atom is 0.220 e. The van der Waals surface area contributed by atoms with E-state index in [1.165, 1.54) is 116 Å². The lowest BCUT2D eigenvalue weighted by atomic mass is 9.99. The summed E-state index contributed by atoms with van der Waals surface area (Å²) < 4.78 is 11.2. The van der Waals surface area contributed by atoms with Crippen LogP contribution in [0.4, 0.5) is 0 Å². The molecule has 1 rings (SSSR count). The molecule has 1 aliphatic heterocycles. The number of aliphatic hydroxyl groups excluding tert-OH is 5. The summed E-state index contributed by atoms with van der Waals surface area (Å²) in [6, 6.07) is -0.823. The van der Waals surface area contributed by atoms with Crippen LogP contribution in [-0.2, 0) is 14.3 Å². The standard InChI is InChI=1S/C46H85NO8/c1-3-5-7-9-11-13-15-17-19-20-22-23-25-27-29-31-33-35-40(49)39(38-54-46-45(53)44(52)43(51)41(37-48)55-46)47-42(50)36-34-32-30-28-26-24-21-18-16-14-12-10-8-6-4-2/h18,21,25,27,33,35,39-41,43-46,48-49,51-53H,3-17,19-20,22-24,26,28-32,34,36-38H2,1-2H3,(H,47,50)/b21-18+,27-25+,35-33+/t39-,40+,41+,43+,44?,45?,46+/m0/s1. The van der Waals surface area contributed by atoms with E-state index in [2.05, 4.69) is 43.5 Å². The van der Waals surface area contributed by atoms with Crippen LogP contribution in [0.5, 0.6) is 0 Å². The van der Waals surface area contributed by atoms with Gasteiger partial charge in [-0.1, -0.05) is 166 Å². The number of hydrogen-bond acceptors (Lipinski definition) is 8. The zero-order valence-electron chi connectivity index (χ0n) is 35.2. The molecule has 0 radical (unpaired) electrons. The smallest absolute Gasteiger partial charge is 0.220 e. The summed E-state index contributed by atoms with van der Waals surface area (Å²) in [6.45, 7) is 3.74. The predicted octanol–water partition coefficient (Wildman–Crippen LogP) is 9.28. The molecule has 9 nitrogen and oxygen atoms in total. The maximum atomic E-state index is 12.9. The van der Waals surface area contributed by atoms with Gasteiger partial charge in [-0.15, -0.1) is 0 Å². The summed E-state index contributed by atoms with van der Waals surface area (Å²) in [6.07, 6.45) is 37.6. The fraction of sp³-hybridized carbons (Fsp3) is 0.848. The summed E-state index contributed by atoms with van der Waals surface area (Å²) >= 11 is 0. The third-order valence-electron chi connectivity index (χ3n) is 10.7. The lowest BCUT2D eigenvalue weighted by Gasteiger charge is -2.40. The fourth-order valence-electron chi connectivity index (χ4n) is 6.99. The summed E-state index contributed by atoms with van der Waals surface area (Å²) in [4.78, 5) is 12.9. The Morgan fingerprint density at radius 1 is 0.600 bits per heavy atom. The lowest BCUT2D eigenvalue weighted by molar-refractivity contribution is -0.302. The monoisotopic (exact) mass is 780 g/mol. The van der Waals surface area contributed by atoms with Crippen LogP contribution in [0.1, 0.15) is 194 Å². The van der Waals surface area contributed by atoms with E-state index in [1.54, 1.807) is 6.08 Å². The SMILES string of the molecule is CCCCCCCC/C=C/CCCCCCCC(=O)N[C@@H](CO[C@@H]1O[C@H](CO)[C@@H](O)C(O)C1O)[C@H](O)/C=C/CC/C=C/CCCCCCCCCCCCC. The summed E-state index contributed by atoms with van der Waals surface area (Å²) in [5.41, 5.74) is 0. The highest BCUT2D eigenvalue weighted by atomic mass is 16.7. The van der Waals surface area contributed by atoms with Crippen molar-refractivity contribution in [1.29, 1.82) is 0 Å². The first-order valence-corrected chi connectivity index (χ1v) is 22.7. The van der Waals surface area contributed by atoms with Crippen LogP contribution in [0.2, 0.25) is 0 Å².